The molecule has 7 heteroatoms. The van der Waals surface area contributed by atoms with Crippen LogP contribution in [0.1, 0.15) is 16.1 Å². The van der Waals surface area contributed by atoms with Crippen LogP contribution in [0.25, 0.3) is 11.0 Å². The van der Waals surface area contributed by atoms with Crippen molar-refractivity contribution in [3.63, 3.8) is 0 Å². The van der Waals surface area contributed by atoms with Crippen molar-refractivity contribution in [3.05, 3.63) is 53.8 Å². The molecule has 1 aliphatic heterocycles. The number of fused-ring (bicyclic) bond motifs is 1. The lowest BCUT2D eigenvalue weighted by atomic mass is 10.2. The van der Waals surface area contributed by atoms with Crippen LogP contribution in [0.5, 0.6) is 0 Å². The maximum Gasteiger partial charge on any atom is 0.291 e. The number of aryl methyl sites for hydroxylation is 1. The predicted octanol–water partition coefficient (Wildman–Crippen LogP) is 3.49. The summed E-state index contributed by atoms with van der Waals surface area (Å²) in [5.41, 5.74) is 2.04. The van der Waals surface area contributed by atoms with Gasteiger partial charge >= 0.3 is 0 Å². The Kier molecular flexibility index (Phi) is 4.30. The van der Waals surface area contributed by atoms with Gasteiger partial charge in [-0.25, -0.2) is 4.39 Å². The zero-order valence-electron chi connectivity index (χ0n) is 14.3. The summed E-state index contributed by atoms with van der Waals surface area (Å²) in [6, 6.07) is 6.56. The van der Waals surface area contributed by atoms with Crippen LogP contribution < -0.4 is 5.32 Å². The summed E-state index contributed by atoms with van der Waals surface area (Å²) in [6.07, 6.45) is 3.19. The zero-order valence-corrected chi connectivity index (χ0v) is 14.3. The molecule has 1 N–H and O–H groups in total. The molecule has 1 aromatic carbocycles. The van der Waals surface area contributed by atoms with Crippen LogP contribution in [-0.4, -0.2) is 42.1 Å². The molecule has 0 atom stereocenters. The van der Waals surface area contributed by atoms with Gasteiger partial charge in [0.15, 0.2) is 0 Å². The van der Waals surface area contributed by atoms with Gasteiger partial charge < -0.3 is 19.4 Å². The number of anilines is 2. The Morgan fingerprint density at radius 2 is 2.08 bits per heavy atom. The third kappa shape index (κ3) is 3.01. The monoisotopic (exact) mass is 355 g/mol. The van der Waals surface area contributed by atoms with Gasteiger partial charge in [-0.3, -0.25) is 9.78 Å². The molecule has 0 unspecified atom stereocenters. The number of nitrogens with zero attached hydrogens (tertiary/aromatic N) is 2. The molecule has 0 aliphatic carbocycles. The minimum atomic E-state index is -0.395. The summed E-state index contributed by atoms with van der Waals surface area (Å²) in [5.74, 6) is -0.498. The molecule has 134 valence electrons. The van der Waals surface area contributed by atoms with Crippen molar-refractivity contribution in [2.75, 3.05) is 31.6 Å². The first-order chi connectivity index (χ1) is 12.6. The number of halogens is 1. The number of pyridine rings is 1. The second kappa shape index (κ2) is 6.76. The Morgan fingerprint density at radius 1 is 1.27 bits per heavy atom. The maximum absolute atomic E-state index is 14.3. The van der Waals surface area contributed by atoms with E-state index in [-0.39, 0.29) is 17.4 Å². The molecule has 1 saturated heterocycles. The first-order valence-corrected chi connectivity index (χ1v) is 8.40. The van der Waals surface area contributed by atoms with Gasteiger partial charge in [0, 0.05) is 25.5 Å². The molecule has 0 spiro atoms. The molecule has 2 aromatic heterocycles. The fourth-order valence-electron chi connectivity index (χ4n) is 2.98. The standard InChI is InChI=1S/C19H18FN3O3/c1-12-2-3-15(14(20)10-12)22-17-13-11-21-5-4-16(13)26-18(17)19(24)23-6-8-25-9-7-23/h2-5,10-11,22H,6-9H2,1H3. The van der Waals surface area contributed by atoms with Crippen molar-refractivity contribution in [2.45, 2.75) is 6.92 Å². The average molecular weight is 355 g/mol. The second-order valence-corrected chi connectivity index (χ2v) is 6.19. The number of carbonyl (C=O) groups excluding carboxylic acids is 1. The molecule has 1 amide bonds. The number of hydrogen-bond donors (Lipinski definition) is 1. The lowest BCUT2D eigenvalue weighted by Crippen LogP contribution is -2.40. The normalized spacial score (nSPS) is 14.6. The van der Waals surface area contributed by atoms with Gasteiger partial charge in [0.1, 0.15) is 17.1 Å². The predicted molar refractivity (Wildman–Crippen MR) is 95.2 cm³/mol. The van der Waals surface area contributed by atoms with E-state index >= 15 is 0 Å². The van der Waals surface area contributed by atoms with Gasteiger partial charge in [0.05, 0.1) is 24.3 Å². The minimum absolute atomic E-state index is 0.148. The fraction of sp³-hybridized carbons (Fsp3) is 0.263. The molecule has 3 heterocycles. The molecule has 1 aliphatic rings. The van der Waals surface area contributed by atoms with Gasteiger partial charge in [-0.15, -0.1) is 0 Å². The largest absolute Gasteiger partial charge is 0.448 e. The highest BCUT2D eigenvalue weighted by atomic mass is 19.1. The van der Waals surface area contributed by atoms with E-state index in [2.05, 4.69) is 10.3 Å². The number of amides is 1. The first kappa shape index (κ1) is 16.5. The molecule has 0 saturated carbocycles. The zero-order chi connectivity index (χ0) is 18.1. The van der Waals surface area contributed by atoms with Crippen LogP contribution in [0.2, 0.25) is 0 Å². The van der Waals surface area contributed by atoms with Gasteiger partial charge in [-0.2, -0.15) is 0 Å². The van der Waals surface area contributed by atoms with Crippen molar-refractivity contribution >= 4 is 28.3 Å². The number of hydrogen-bond acceptors (Lipinski definition) is 5. The maximum atomic E-state index is 14.3. The summed E-state index contributed by atoms with van der Waals surface area (Å²) in [5, 5.41) is 3.65. The van der Waals surface area contributed by atoms with Gasteiger partial charge in [-0.1, -0.05) is 6.07 Å². The number of rotatable bonds is 3. The van der Waals surface area contributed by atoms with Crippen molar-refractivity contribution in [3.8, 4) is 0 Å². The van der Waals surface area contributed by atoms with E-state index in [9.17, 15) is 9.18 Å². The Balaban J connectivity index is 1.77. The molecule has 0 radical (unpaired) electrons. The smallest absolute Gasteiger partial charge is 0.291 e. The molecule has 1 fully saturated rings. The number of ether oxygens (including phenoxy) is 1. The average Bonchev–Trinajstić information content (AvgIpc) is 3.02. The van der Waals surface area contributed by atoms with Crippen molar-refractivity contribution in [2.24, 2.45) is 0 Å². The van der Waals surface area contributed by atoms with E-state index in [1.165, 1.54) is 6.07 Å². The summed E-state index contributed by atoms with van der Waals surface area (Å²) >= 11 is 0. The number of morpholine rings is 1. The highest BCUT2D eigenvalue weighted by Gasteiger charge is 2.27. The van der Waals surface area contributed by atoms with Crippen LogP contribution in [-0.2, 0) is 4.74 Å². The van der Waals surface area contributed by atoms with Crippen LogP contribution >= 0.6 is 0 Å². The Hall–Kier alpha value is -2.93. The number of nitrogens with one attached hydrogen (secondary N) is 1. The second-order valence-electron chi connectivity index (χ2n) is 6.19. The molecule has 4 rings (SSSR count). The third-order valence-corrected chi connectivity index (χ3v) is 4.37. The van der Waals surface area contributed by atoms with Crippen LogP contribution in [0.3, 0.4) is 0 Å². The summed E-state index contributed by atoms with van der Waals surface area (Å²) in [4.78, 5) is 18.7. The number of carbonyl (C=O) groups is 1. The molecule has 0 bridgehead atoms. The van der Waals surface area contributed by atoms with Crippen LogP contribution in [0.4, 0.5) is 15.8 Å². The Bertz CT molecular complexity index is 964. The summed E-state index contributed by atoms with van der Waals surface area (Å²) < 4.78 is 25.4. The van der Waals surface area contributed by atoms with Crippen LogP contribution in [0.15, 0.2) is 41.1 Å². The lowest BCUT2D eigenvalue weighted by molar-refractivity contribution is 0.0285. The molecule has 3 aromatic rings. The van der Waals surface area contributed by atoms with E-state index < -0.39 is 5.82 Å². The molecular weight excluding hydrogens is 337 g/mol. The third-order valence-electron chi connectivity index (χ3n) is 4.37. The molecule has 6 nitrogen and oxygen atoms in total. The van der Waals surface area contributed by atoms with E-state index in [0.717, 1.165) is 5.56 Å². The lowest BCUT2D eigenvalue weighted by Gasteiger charge is -2.26. The van der Waals surface area contributed by atoms with E-state index in [1.807, 2.05) is 6.92 Å². The number of furan rings is 1. The van der Waals surface area contributed by atoms with Crippen molar-refractivity contribution in [1.29, 1.82) is 0 Å². The van der Waals surface area contributed by atoms with Crippen molar-refractivity contribution in [1.82, 2.24) is 9.88 Å². The first-order valence-electron chi connectivity index (χ1n) is 8.40. The van der Waals surface area contributed by atoms with Crippen LogP contribution in [0, 0.1) is 12.7 Å². The topological polar surface area (TPSA) is 67.6 Å². The highest BCUT2D eigenvalue weighted by Crippen LogP contribution is 2.34. The number of aromatic nitrogens is 1. The molecule has 26 heavy (non-hydrogen) atoms. The highest BCUT2D eigenvalue weighted by molar-refractivity contribution is 6.07. The van der Waals surface area contributed by atoms with Crippen molar-refractivity contribution < 1.29 is 18.3 Å². The molecular formula is C19H18FN3O3. The quantitative estimate of drug-likeness (QED) is 0.779. The minimum Gasteiger partial charge on any atom is -0.448 e. The number of benzene rings is 1. The summed E-state index contributed by atoms with van der Waals surface area (Å²) in [7, 11) is 0. The van der Waals surface area contributed by atoms with Gasteiger partial charge in [0.2, 0.25) is 5.76 Å². The van der Waals surface area contributed by atoms with Gasteiger partial charge in [0.25, 0.3) is 5.91 Å². The van der Waals surface area contributed by atoms with E-state index in [0.29, 0.717) is 43.0 Å². The fourth-order valence-corrected chi connectivity index (χ4v) is 2.98. The Morgan fingerprint density at radius 3 is 2.85 bits per heavy atom. The summed E-state index contributed by atoms with van der Waals surface area (Å²) in [6.45, 7) is 3.78. The van der Waals surface area contributed by atoms with E-state index in [1.54, 1.807) is 35.5 Å². The van der Waals surface area contributed by atoms with Gasteiger partial charge in [-0.05, 0) is 30.7 Å². The van der Waals surface area contributed by atoms with E-state index in [4.69, 9.17) is 9.15 Å². The SMILES string of the molecule is Cc1ccc(Nc2c(C(=O)N3CCOCC3)oc3ccncc23)c(F)c1. The Labute approximate surface area is 149 Å².